The second kappa shape index (κ2) is 9.31. The summed E-state index contributed by atoms with van der Waals surface area (Å²) in [6, 6.07) is 11.7. The molecular formula is C25H28N4O3S. The maximum absolute atomic E-state index is 12.1. The number of thioether (sulfide) groups is 1. The molecule has 4 rings (SSSR count). The van der Waals surface area contributed by atoms with E-state index in [9.17, 15) is 4.79 Å². The van der Waals surface area contributed by atoms with Crippen molar-refractivity contribution in [2.24, 2.45) is 0 Å². The van der Waals surface area contributed by atoms with Gasteiger partial charge < -0.3 is 15.0 Å². The third-order valence-corrected chi connectivity index (χ3v) is 6.68. The van der Waals surface area contributed by atoms with Gasteiger partial charge in [-0.05, 0) is 72.7 Å². The smallest absolute Gasteiger partial charge is 0.336 e. The van der Waals surface area contributed by atoms with Crippen LogP contribution in [-0.2, 0) is 12.4 Å². The molecule has 0 spiro atoms. The molecule has 0 aliphatic rings. The summed E-state index contributed by atoms with van der Waals surface area (Å²) in [6.45, 7) is 10.6. The normalized spacial score (nSPS) is 11.5. The number of aryl methyl sites for hydroxylation is 3. The maximum Gasteiger partial charge on any atom is 0.336 e. The standard InChI is InChI=1S/C25H28N4O3S/c1-14(2)19-7-6-15(3)8-21(19)31-12-23-27-28-25(29(23)26)33-13-18-11-24(30)32-22-10-17(5)16(4)9-20(18)22/h6-11,14H,12-13,26H2,1-5H3. The van der Waals surface area contributed by atoms with E-state index in [-0.39, 0.29) is 12.2 Å². The monoisotopic (exact) mass is 464 g/mol. The molecule has 4 aromatic rings. The molecule has 8 heteroatoms. The lowest BCUT2D eigenvalue weighted by Gasteiger charge is -2.14. The van der Waals surface area contributed by atoms with E-state index in [0.717, 1.165) is 39.0 Å². The molecule has 0 amide bonds. The highest BCUT2D eigenvalue weighted by Crippen LogP contribution is 2.29. The number of nitrogen functional groups attached to an aromatic ring is 1. The van der Waals surface area contributed by atoms with Gasteiger partial charge in [0.05, 0.1) is 0 Å². The molecule has 0 fully saturated rings. The number of nitrogens with zero attached hydrogens (tertiary/aromatic N) is 3. The molecule has 0 unspecified atom stereocenters. The van der Waals surface area contributed by atoms with Gasteiger partial charge in [-0.2, -0.15) is 0 Å². The number of fused-ring (bicyclic) bond motifs is 1. The summed E-state index contributed by atoms with van der Waals surface area (Å²) < 4.78 is 12.9. The summed E-state index contributed by atoms with van der Waals surface area (Å²) in [7, 11) is 0. The Morgan fingerprint density at radius 2 is 1.85 bits per heavy atom. The van der Waals surface area contributed by atoms with Crippen molar-refractivity contribution in [3.8, 4) is 5.75 Å². The Kier molecular flexibility index (Phi) is 6.47. The van der Waals surface area contributed by atoms with Crippen LogP contribution in [0.4, 0.5) is 0 Å². The van der Waals surface area contributed by atoms with Crippen molar-refractivity contribution in [2.75, 3.05) is 5.84 Å². The van der Waals surface area contributed by atoms with Gasteiger partial charge in [-0.25, -0.2) is 9.47 Å². The summed E-state index contributed by atoms with van der Waals surface area (Å²) in [5.74, 6) is 8.46. The van der Waals surface area contributed by atoms with Crippen LogP contribution in [0, 0.1) is 20.8 Å². The number of ether oxygens (including phenoxy) is 1. The van der Waals surface area contributed by atoms with Gasteiger partial charge in [0.15, 0.2) is 5.82 Å². The minimum Gasteiger partial charge on any atom is -0.485 e. The average Bonchev–Trinajstić information content (AvgIpc) is 3.11. The number of hydrogen-bond acceptors (Lipinski definition) is 7. The van der Waals surface area contributed by atoms with Gasteiger partial charge in [0.2, 0.25) is 5.16 Å². The van der Waals surface area contributed by atoms with Gasteiger partial charge in [-0.1, -0.05) is 37.7 Å². The molecule has 2 aromatic carbocycles. The fraction of sp³-hybridized carbons (Fsp3) is 0.320. The Morgan fingerprint density at radius 1 is 1.09 bits per heavy atom. The lowest BCUT2D eigenvalue weighted by atomic mass is 10.0. The molecule has 0 bridgehead atoms. The Hall–Kier alpha value is -3.26. The van der Waals surface area contributed by atoms with E-state index < -0.39 is 0 Å². The van der Waals surface area contributed by atoms with Crippen LogP contribution in [0.2, 0.25) is 0 Å². The highest BCUT2D eigenvalue weighted by molar-refractivity contribution is 7.98. The predicted octanol–water partition coefficient (Wildman–Crippen LogP) is 5.02. The van der Waals surface area contributed by atoms with E-state index in [1.54, 1.807) is 0 Å². The lowest BCUT2D eigenvalue weighted by Crippen LogP contribution is -2.16. The molecule has 0 aliphatic heterocycles. The van der Waals surface area contributed by atoms with E-state index in [0.29, 0.717) is 28.2 Å². The van der Waals surface area contributed by atoms with Crippen LogP contribution in [0.15, 0.2) is 50.8 Å². The first-order chi connectivity index (χ1) is 15.7. The molecule has 0 saturated carbocycles. The van der Waals surface area contributed by atoms with Crippen LogP contribution < -0.4 is 16.2 Å². The maximum atomic E-state index is 12.1. The van der Waals surface area contributed by atoms with Crippen molar-refractivity contribution >= 4 is 22.7 Å². The quantitative estimate of drug-likeness (QED) is 0.233. The van der Waals surface area contributed by atoms with Crippen molar-refractivity contribution in [1.82, 2.24) is 14.9 Å². The minimum absolute atomic E-state index is 0.212. The van der Waals surface area contributed by atoms with Gasteiger partial charge in [0.1, 0.15) is 17.9 Å². The number of benzene rings is 2. The summed E-state index contributed by atoms with van der Waals surface area (Å²) >= 11 is 1.41. The second-order valence-electron chi connectivity index (χ2n) is 8.57. The first-order valence-corrected chi connectivity index (χ1v) is 11.8. The van der Waals surface area contributed by atoms with E-state index in [1.165, 1.54) is 22.5 Å². The fourth-order valence-corrected chi connectivity index (χ4v) is 4.50. The molecule has 2 heterocycles. The summed E-state index contributed by atoms with van der Waals surface area (Å²) in [6.07, 6.45) is 0. The fourth-order valence-electron chi connectivity index (χ4n) is 3.63. The van der Waals surface area contributed by atoms with Crippen LogP contribution in [0.3, 0.4) is 0 Å². The summed E-state index contributed by atoms with van der Waals surface area (Å²) in [4.78, 5) is 12.1. The molecule has 0 atom stereocenters. The zero-order valence-corrected chi connectivity index (χ0v) is 20.3. The largest absolute Gasteiger partial charge is 0.485 e. The lowest BCUT2D eigenvalue weighted by molar-refractivity contribution is 0.287. The Morgan fingerprint density at radius 3 is 2.61 bits per heavy atom. The number of rotatable bonds is 7. The summed E-state index contributed by atoms with van der Waals surface area (Å²) in [5.41, 5.74) is 5.57. The van der Waals surface area contributed by atoms with Crippen molar-refractivity contribution in [3.05, 3.63) is 80.5 Å². The molecule has 33 heavy (non-hydrogen) atoms. The zero-order valence-electron chi connectivity index (χ0n) is 19.5. The van der Waals surface area contributed by atoms with Gasteiger partial charge >= 0.3 is 5.63 Å². The topological polar surface area (TPSA) is 96.2 Å². The zero-order chi connectivity index (χ0) is 23.7. The SMILES string of the molecule is Cc1ccc(C(C)C)c(OCc2nnc(SCc3cc(=O)oc4cc(C)c(C)cc34)n2N)c1. The van der Waals surface area contributed by atoms with Crippen molar-refractivity contribution in [1.29, 1.82) is 0 Å². The number of aromatic nitrogens is 3. The van der Waals surface area contributed by atoms with E-state index in [2.05, 4.69) is 36.2 Å². The van der Waals surface area contributed by atoms with Gasteiger partial charge in [-0.15, -0.1) is 10.2 Å². The summed E-state index contributed by atoms with van der Waals surface area (Å²) in [5, 5.41) is 9.89. The molecule has 0 aliphatic carbocycles. The Labute approximate surface area is 196 Å². The van der Waals surface area contributed by atoms with Crippen LogP contribution in [-0.4, -0.2) is 14.9 Å². The third kappa shape index (κ3) is 4.90. The first kappa shape index (κ1) is 22.9. The van der Waals surface area contributed by atoms with E-state index in [4.69, 9.17) is 15.0 Å². The molecule has 0 saturated heterocycles. The highest BCUT2D eigenvalue weighted by Gasteiger charge is 2.15. The third-order valence-electron chi connectivity index (χ3n) is 5.68. The van der Waals surface area contributed by atoms with Crippen LogP contribution in [0.5, 0.6) is 5.75 Å². The molecule has 172 valence electrons. The van der Waals surface area contributed by atoms with Crippen molar-refractivity contribution in [3.63, 3.8) is 0 Å². The molecule has 2 N–H and O–H groups in total. The Balaban J connectivity index is 1.51. The predicted molar refractivity (Wildman–Crippen MR) is 131 cm³/mol. The first-order valence-electron chi connectivity index (χ1n) is 10.8. The second-order valence-corrected chi connectivity index (χ2v) is 9.51. The van der Waals surface area contributed by atoms with Crippen LogP contribution in [0.25, 0.3) is 11.0 Å². The molecular weight excluding hydrogens is 436 g/mol. The average molecular weight is 465 g/mol. The highest BCUT2D eigenvalue weighted by atomic mass is 32.2. The molecule has 2 aromatic heterocycles. The van der Waals surface area contributed by atoms with Crippen molar-refractivity contribution in [2.45, 2.75) is 58.1 Å². The minimum atomic E-state index is -0.372. The van der Waals surface area contributed by atoms with Gasteiger partial charge in [-0.3, -0.25) is 0 Å². The van der Waals surface area contributed by atoms with Gasteiger partial charge in [0, 0.05) is 17.2 Å². The van der Waals surface area contributed by atoms with Crippen LogP contribution in [0.1, 0.15) is 53.4 Å². The van der Waals surface area contributed by atoms with E-state index >= 15 is 0 Å². The Bertz CT molecular complexity index is 1370. The number of hydrogen-bond donors (Lipinski definition) is 1. The van der Waals surface area contributed by atoms with Crippen molar-refractivity contribution < 1.29 is 9.15 Å². The molecule has 0 radical (unpaired) electrons. The van der Waals surface area contributed by atoms with Crippen LogP contribution >= 0.6 is 11.8 Å². The molecule has 7 nitrogen and oxygen atoms in total. The number of nitrogens with two attached hydrogens (primary N) is 1. The van der Waals surface area contributed by atoms with Gasteiger partial charge in [0.25, 0.3) is 0 Å². The van der Waals surface area contributed by atoms with E-state index in [1.807, 2.05) is 39.0 Å².